The van der Waals surface area contributed by atoms with Gasteiger partial charge in [0, 0.05) is 6.42 Å². The van der Waals surface area contributed by atoms with E-state index < -0.39 is 12.1 Å². The Balaban J connectivity index is 0. The predicted molar refractivity (Wildman–Crippen MR) is 21.7 cm³/mol. The SMILES string of the molecule is CC([O-])CC(=O)O.[Na+]. The summed E-state index contributed by atoms with van der Waals surface area (Å²) in [4.78, 5) is 9.61. The van der Waals surface area contributed by atoms with E-state index >= 15 is 0 Å². The molecule has 8 heavy (non-hydrogen) atoms. The van der Waals surface area contributed by atoms with Crippen LogP contribution in [0.3, 0.4) is 0 Å². The van der Waals surface area contributed by atoms with Crippen molar-refractivity contribution in [3.8, 4) is 0 Å². The van der Waals surface area contributed by atoms with Gasteiger partial charge in [-0.2, -0.15) is 0 Å². The predicted octanol–water partition coefficient (Wildman–Crippen LogP) is -3.79. The molecule has 42 valence electrons. The molecule has 0 aromatic carbocycles. The summed E-state index contributed by atoms with van der Waals surface area (Å²) >= 11 is 0. The Morgan fingerprint density at radius 3 is 2.25 bits per heavy atom. The summed E-state index contributed by atoms with van der Waals surface area (Å²) in [5.41, 5.74) is 0. The minimum absolute atomic E-state index is 0. The molecule has 0 amide bonds. The first-order valence-electron chi connectivity index (χ1n) is 2.00. The summed E-state index contributed by atoms with van der Waals surface area (Å²) in [6, 6.07) is 0. The van der Waals surface area contributed by atoms with Crippen molar-refractivity contribution >= 4 is 5.97 Å². The van der Waals surface area contributed by atoms with Crippen LogP contribution in [0.5, 0.6) is 0 Å². The molecular weight excluding hydrogens is 119 g/mol. The summed E-state index contributed by atoms with van der Waals surface area (Å²) in [7, 11) is 0. The van der Waals surface area contributed by atoms with E-state index in [4.69, 9.17) is 5.11 Å². The summed E-state index contributed by atoms with van der Waals surface area (Å²) < 4.78 is 0. The van der Waals surface area contributed by atoms with E-state index in [1.54, 1.807) is 0 Å². The molecule has 0 aromatic rings. The molecule has 1 atom stereocenters. The molecule has 4 heteroatoms. The van der Waals surface area contributed by atoms with E-state index in [-0.39, 0.29) is 36.0 Å². The molecule has 0 fully saturated rings. The average Bonchev–Trinajstić information content (AvgIpc) is 1.27. The van der Waals surface area contributed by atoms with E-state index in [1.807, 2.05) is 0 Å². The van der Waals surface area contributed by atoms with Crippen molar-refractivity contribution < 1.29 is 44.6 Å². The van der Waals surface area contributed by atoms with Gasteiger partial charge in [0.2, 0.25) is 0 Å². The summed E-state index contributed by atoms with van der Waals surface area (Å²) in [5.74, 6) is -1.03. The van der Waals surface area contributed by atoms with Crippen LogP contribution in [0.4, 0.5) is 0 Å². The number of hydrogen-bond acceptors (Lipinski definition) is 2. The largest absolute Gasteiger partial charge is 1.00 e. The fourth-order valence-corrected chi connectivity index (χ4v) is 0.246. The molecule has 0 aliphatic heterocycles. The third-order valence-corrected chi connectivity index (χ3v) is 0.462. The molecule has 1 unspecified atom stereocenters. The Bertz CT molecular complexity index is 71.7. The minimum atomic E-state index is -1.03. The second-order valence-corrected chi connectivity index (χ2v) is 1.41. The van der Waals surface area contributed by atoms with Gasteiger partial charge in [-0.15, -0.1) is 6.10 Å². The molecule has 0 spiro atoms. The van der Waals surface area contributed by atoms with Crippen molar-refractivity contribution in [3.63, 3.8) is 0 Å². The number of rotatable bonds is 2. The molecule has 0 heterocycles. The smallest absolute Gasteiger partial charge is 0.852 e. The Morgan fingerprint density at radius 1 is 1.88 bits per heavy atom. The molecule has 1 N–H and O–H groups in total. The molecule has 0 aromatic heterocycles. The van der Waals surface area contributed by atoms with Crippen LogP contribution in [-0.2, 0) is 4.79 Å². The summed E-state index contributed by atoms with van der Waals surface area (Å²) in [6.45, 7) is 1.33. The van der Waals surface area contributed by atoms with Crippen LogP contribution in [-0.4, -0.2) is 17.2 Å². The molecule has 3 nitrogen and oxygen atoms in total. The standard InChI is InChI=1S/C4H7O3.Na/c1-3(5)2-4(6)7;/h3H,2H2,1H3,(H,6,7);/q-1;+1. The fourth-order valence-electron chi connectivity index (χ4n) is 0.246. The van der Waals surface area contributed by atoms with Crippen LogP contribution in [0.2, 0.25) is 0 Å². The van der Waals surface area contributed by atoms with Gasteiger partial charge in [-0.25, -0.2) is 0 Å². The van der Waals surface area contributed by atoms with E-state index in [2.05, 4.69) is 0 Å². The third kappa shape index (κ3) is 9.66. The molecule has 0 saturated heterocycles. The van der Waals surface area contributed by atoms with E-state index in [9.17, 15) is 9.90 Å². The van der Waals surface area contributed by atoms with Gasteiger partial charge in [-0.05, 0) is 0 Å². The van der Waals surface area contributed by atoms with Crippen LogP contribution in [0, 0.1) is 0 Å². The van der Waals surface area contributed by atoms with Crippen molar-refractivity contribution in [3.05, 3.63) is 0 Å². The third-order valence-electron chi connectivity index (χ3n) is 0.462. The van der Waals surface area contributed by atoms with Gasteiger partial charge in [0.05, 0.1) is 0 Å². The van der Waals surface area contributed by atoms with Crippen LogP contribution in [0.25, 0.3) is 0 Å². The van der Waals surface area contributed by atoms with Gasteiger partial charge in [0.1, 0.15) is 0 Å². The second kappa shape index (κ2) is 5.56. The maximum absolute atomic E-state index is 9.96. The Hall–Kier alpha value is 0.430. The van der Waals surface area contributed by atoms with Gasteiger partial charge in [0.15, 0.2) is 0 Å². The minimum Gasteiger partial charge on any atom is -0.852 e. The van der Waals surface area contributed by atoms with Crippen LogP contribution in [0.1, 0.15) is 13.3 Å². The van der Waals surface area contributed by atoms with Gasteiger partial charge < -0.3 is 10.2 Å². The van der Waals surface area contributed by atoms with Crippen LogP contribution in [0.15, 0.2) is 0 Å². The first kappa shape index (κ1) is 11.3. The zero-order chi connectivity index (χ0) is 5.86. The van der Waals surface area contributed by atoms with Crippen molar-refractivity contribution in [1.82, 2.24) is 0 Å². The number of aliphatic carboxylic acids is 1. The maximum atomic E-state index is 9.96. The monoisotopic (exact) mass is 126 g/mol. The number of carboxylic acids is 1. The maximum Gasteiger partial charge on any atom is 1.00 e. The first-order valence-corrected chi connectivity index (χ1v) is 2.00. The Kier molecular flexibility index (Phi) is 7.83. The molecule has 0 aliphatic carbocycles. The van der Waals surface area contributed by atoms with Crippen molar-refractivity contribution in [2.24, 2.45) is 0 Å². The van der Waals surface area contributed by atoms with E-state index in [0.717, 1.165) is 0 Å². The first-order chi connectivity index (χ1) is 3.13. The molecular formula is C4H7NaO3. The molecule has 0 aliphatic rings. The van der Waals surface area contributed by atoms with E-state index in [1.165, 1.54) is 6.92 Å². The zero-order valence-corrected chi connectivity index (χ0v) is 7.05. The van der Waals surface area contributed by atoms with Crippen molar-refractivity contribution in [1.29, 1.82) is 0 Å². The fraction of sp³-hybridized carbons (Fsp3) is 0.750. The van der Waals surface area contributed by atoms with Gasteiger partial charge >= 0.3 is 35.5 Å². The van der Waals surface area contributed by atoms with Gasteiger partial charge in [0.25, 0.3) is 0 Å². The van der Waals surface area contributed by atoms with Crippen molar-refractivity contribution in [2.75, 3.05) is 0 Å². The zero-order valence-electron chi connectivity index (χ0n) is 5.05. The summed E-state index contributed by atoms with van der Waals surface area (Å²) in [5, 5.41) is 17.8. The molecule has 0 saturated carbocycles. The number of carboxylic acid groups (broad SMARTS) is 1. The average molecular weight is 126 g/mol. The topological polar surface area (TPSA) is 60.4 Å². The Labute approximate surface area is 70.0 Å². The van der Waals surface area contributed by atoms with Crippen LogP contribution >= 0.6 is 0 Å². The van der Waals surface area contributed by atoms with E-state index in [0.29, 0.717) is 0 Å². The summed E-state index contributed by atoms with van der Waals surface area (Å²) in [6.07, 6.45) is -1.25. The van der Waals surface area contributed by atoms with Crippen LogP contribution < -0.4 is 34.7 Å². The van der Waals surface area contributed by atoms with Gasteiger partial charge in [-0.3, -0.25) is 4.79 Å². The molecule has 0 bridgehead atoms. The normalized spacial score (nSPS) is 11.8. The number of hydrogen-bond donors (Lipinski definition) is 1. The van der Waals surface area contributed by atoms with Gasteiger partial charge in [-0.1, -0.05) is 6.92 Å². The Morgan fingerprint density at radius 2 is 2.25 bits per heavy atom. The molecule has 0 radical (unpaired) electrons. The number of carbonyl (C=O) groups is 1. The molecule has 0 rings (SSSR count). The quantitative estimate of drug-likeness (QED) is 0.386. The van der Waals surface area contributed by atoms with Crippen molar-refractivity contribution in [2.45, 2.75) is 19.4 Å². The second-order valence-electron chi connectivity index (χ2n) is 1.41.